The molecule has 4 heteroatoms. The van der Waals surface area contributed by atoms with Crippen LogP contribution in [0, 0.1) is 5.82 Å². The molecule has 0 bridgehead atoms. The molecule has 0 aliphatic heterocycles. The van der Waals surface area contributed by atoms with Gasteiger partial charge in [-0.2, -0.15) is 0 Å². The van der Waals surface area contributed by atoms with Crippen LogP contribution in [0.5, 0.6) is 0 Å². The molecule has 0 amide bonds. The Morgan fingerprint density at radius 2 is 2.06 bits per heavy atom. The molecule has 0 saturated heterocycles. The van der Waals surface area contributed by atoms with Crippen molar-refractivity contribution in [3.05, 3.63) is 42.5 Å². The summed E-state index contributed by atoms with van der Waals surface area (Å²) in [6, 6.07) is 8.30. The van der Waals surface area contributed by atoms with Gasteiger partial charge in [-0.05, 0) is 19.1 Å². The van der Waals surface area contributed by atoms with Crippen LogP contribution in [-0.4, -0.2) is 16.5 Å². The Bertz CT molecular complexity index is 485. The van der Waals surface area contributed by atoms with E-state index in [9.17, 15) is 4.39 Å². The molecule has 0 spiro atoms. The first-order chi connectivity index (χ1) is 7.81. The molecule has 0 fully saturated rings. The minimum Gasteiger partial charge on any atom is -0.370 e. The fourth-order valence-electron chi connectivity index (χ4n) is 1.45. The number of nitrogens with zero attached hydrogens (tertiary/aromatic N) is 2. The molecular weight excluding hydrogens is 205 g/mol. The summed E-state index contributed by atoms with van der Waals surface area (Å²) >= 11 is 0. The van der Waals surface area contributed by atoms with E-state index in [1.807, 2.05) is 6.92 Å². The highest BCUT2D eigenvalue weighted by molar-refractivity contribution is 5.62. The first-order valence-corrected chi connectivity index (χ1v) is 5.12. The van der Waals surface area contributed by atoms with Crippen LogP contribution in [0.15, 0.2) is 36.7 Å². The number of aromatic nitrogens is 2. The third kappa shape index (κ3) is 2.16. The van der Waals surface area contributed by atoms with Gasteiger partial charge in [0, 0.05) is 18.2 Å². The average molecular weight is 217 g/mol. The van der Waals surface area contributed by atoms with Crippen molar-refractivity contribution in [2.24, 2.45) is 0 Å². The molecule has 1 heterocycles. The molecule has 0 saturated carbocycles. The Labute approximate surface area is 93.4 Å². The van der Waals surface area contributed by atoms with Crippen LogP contribution in [0.4, 0.5) is 10.2 Å². The van der Waals surface area contributed by atoms with Crippen molar-refractivity contribution in [2.45, 2.75) is 6.92 Å². The van der Waals surface area contributed by atoms with Gasteiger partial charge in [-0.3, -0.25) is 0 Å². The lowest BCUT2D eigenvalue weighted by molar-refractivity contribution is 0.630. The fourth-order valence-corrected chi connectivity index (χ4v) is 1.45. The number of anilines is 1. The van der Waals surface area contributed by atoms with Crippen LogP contribution >= 0.6 is 0 Å². The molecular formula is C12H12FN3. The third-order valence-corrected chi connectivity index (χ3v) is 2.17. The zero-order chi connectivity index (χ0) is 11.4. The summed E-state index contributed by atoms with van der Waals surface area (Å²) in [5.74, 6) is 0.430. The highest BCUT2D eigenvalue weighted by Gasteiger charge is 2.05. The Morgan fingerprint density at radius 3 is 2.81 bits per heavy atom. The quantitative estimate of drug-likeness (QED) is 0.859. The largest absolute Gasteiger partial charge is 0.370 e. The van der Waals surface area contributed by atoms with Crippen molar-refractivity contribution in [1.82, 2.24) is 9.97 Å². The highest BCUT2D eigenvalue weighted by atomic mass is 19.1. The van der Waals surface area contributed by atoms with Gasteiger partial charge in [-0.1, -0.05) is 12.1 Å². The van der Waals surface area contributed by atoms with E-state index in [0.29, 0.717) is 17.1 Å². The number of hydrogen-bond acceptors (Lipinski definition) is 3. The van der Waals surface area contributed by atoms with Crippen molar-refractivity contribution in [2.75, 3.05) is 11.9 Å². The second kappa shape index (κ2) is 4.70. The molecule has 1 aromatic carbocycles. The van der Waals surface area contributed by atoms with Crippen molar-refractivity contribution >= 4 is 5.82 Å². The molecule has 0 aliphatic rings. The van der Waals surface area contributed by atoms with E-state index < -0.39 is 0 Å². The highest BCUT2D eigenvalue weighted by Crippen LogP contribution is 2.21. The van der Waals surface area contributed by atoms with Crippen LogP contribution < -0.4 is 5.32 Å². The minimum atomic E-state index is -0.274. The van der Waals surface area contributed by atoms with Gasteiger partial charge in [0.05, 0.1) is 5.69 Å². The predicted molar refractivity (Wildman–Crippen MR) is 61.6 cm³/mol. The maximum Gasteiger partial charge on any atom is 0.132 e. The normalized spacial score (nSPS) is 10.1. The van der Waals surface area contributed by atoms with E-state index in [4.69, 9.17) is 0 Å². The summed E-state index contributed by atoms with van der Waals surface area (Å²) < 4.78 is 13.5. The van der Waals surface area contributed by atoms with Gasteiger partial charge in [0.2, 0.25) is 0 Å². The number of rotatable bonds is 3. The van der Waals surface area contributed by atoms with Gasteiger partial charge >= 0.3 is 0 Å². The molecule has 2 rings (SSSR count). The van der Waals surface area contributed by atoms with Gasteiger partial charge in [-0.15, -0.1) is 0 Å². The van der Waals surface area contributed by atoms with E-state index >= 15 is 0 Å². The van der Waals surface area contributed by atoms with Gasteiger partial charge in [0.25, 0.3) is 0 Å². The van der Waals surface area contributed by atoms with Gasteiger partial charge < -0.3 is 5.32 Å². The lowest BCUT2D eigenvalue weighted by atomic mass is 10.1. The summed E-state index contributed by atoms with van der Waals surface area (Å²) in [6.45, 7) is 2.75. The molecule has 1 aromatic heterocycles. The zero-order valence-electron chi connectivity index (χ0n) is 8.94. The Kier molecular flexibility index (Phi) is 3.10. The summed E-state index contributed by atoms with van der Waals surface area (Å²) in [4.78, 5) is 8.10. The number of hydrogen-bond donors (Lipinski definition) is 1. The topological polar surface area (TPSA) is 37.8 Å². The molecule has 1 N–H and O–H groups in total. The molecule has 0 radical (unpaired) electrons. The molecule has 82 valence electrons. The van der Waals surface area contributed by atoms with Crippen LogP contribution in [0.1, 0.15) is 6.92 Å². The molecule has 0 atom stereocenters. The monoisotopic (exact) mass is 217 g/mol. The standard InChI is InChI=1S/C12H12FN3/c1-2-14-12-7-11(15-8-16-12)9-5-3-4-6-10(9)13/h3-8H,2H2,1H3,(H,14,15,16). The maximum atomic E-state index is 13.5. The number of nitrogens with one attached hydrogen (secondary N) is 1. The van der Waals surface area contributed by atoms with Gasteiger partial charge in [0.15, 0.2) is 0 Å². The van der Waals surface area contributed by atoms with Crippen molar-refractivity contribution in [3.63, 3.8) is 0 Å². The lowest BCUT2D eigenvalue weighted by Crippen LogP contribution is -2.00. The Hall–Kier alpha value is -1.97. The molecule has 3 nitrogen and oxygen atoms in total. The van der Waals surface area contributed by atoms with E-state index in [1.54, 1.807) is 24.3 Å². The average Bonchev–Trinajstić information content (AvgIpc) is 2.30. The van der Waals surface area contributed by atoms with E-state index in [1.165, 1.54) is 12.4 Å². The lowest BCUT2D eigenvalue weighted by Gasteiger charge is -2.05. The number of halogens is 1. The second-order valence-electron chi connectivity index (χ2n) is 3.30. The molecule has 0 unspecified atom stereocenters. The van der Waals surface area contributed by atoms with Gasteiger partial charge in [-0.25, -0.2) is 14.4 Å². The summed E-state index contributed by atoms with van der Waals surface area (Å²) in [5.41, 5.74) is 1.08. The van der Waals surface area contributed by atoms with Crippen LogP contribution in [0.2, 0.25) is 0 Å². The van der Waals surface area contributed by atoms with E-state index in [2.05, 4.69) is 15.3 Å². The van der Waals surface area contributed by atoms with Crippen molar-refractivity contribution < 1.29 is 4.39 Å². The Morgan fingerprint density at radius 1 is 1.25 bits per heavy atom. The van der Waals surface area contributed by atoms with Crippen molar-refractivity contribution in [3.8, 4) is 11.3 Å². The molecule has 16 heavy (non-hydrogen) atoms. The predicted octanol–water partition coefficient (Wildman–Crippen LogP) is 2.71. The van der Waals surface area contributed by atoms with E-state index in [0.717, 1.165) is 6.54 Å². The summed E-state index contributed by atoms with van der Waals surface area (Å²) in [7, 11) is 0. The third-order valence-electron chi connectivity index (χ3n) is 2.17. The molecule has 0 aliphatic carbocycles. The summed E-state index contributed by atoms with van der Waals surface area (Å²) in [5, 5.41) is 3.06. The first-order valence-electron chi connectivity index (χ1n) is 5.12. The van der Waals surface area contributed by atoms with Crippen LogP contribution in [-0.2, 0) is 0 Å². The smallest absolute Gasteiger partial charge is 0.132 e. The zero-order valence-corrected chi connectivity index (χ0v) is 8.94. The molecule has 2 aromatic rings. The van der Waals surface area contributed by atoms with E-state index in [-0.39, 0.29) is 5.82 Å². The van der Waals surface area contributed by atoms with Crippen molar-refractivity contribution in [1.29, 1.82) is 0 Å². The maximum absolute atomic E-state index is 13.5. The SMILES string of the molecule is CCNc1cc(-c2ccccc2F)ncn1. The first kappa shape index (κ1) is 10.5. The van der Waals surface area contributed by atoms with Crippen LogP contribution in [0.25, 0.3) is 11.3 Å². The Balaban J connectivity index is 2.40. The fraction of sp³-hybridized carbons (Fsp3) is 0.167. The number of benzene rings is 1. The second-order valence-corrected chi connectivity index (χ2v) is 3.30. The minimum absolute atomic E-state index is 0.274. The summed E-state index contributed by atoms with van der Waals surface area (Å²) in [6.07, 6.45) is 1.43. The van der Waals surface area contributed by atoms with Crippen LogP contribution in [0.3, 0.4) is 0 Å². The van der Waals surface area contributed by atoms with Gasteiger partial charge in [0.1, 0.15) is 18.0 Å².